The molecule has 0 aliphatic rings. The van der Waals surface area contributed by atoms with Crippen LogP contribution in [0.5, 0.6) is 0 Å². The van der Waals surface area contributed by atoms with E-state index in [1.807, 2.05) is 53.9 Å². The summed E-state index contributed by atoms with van der Waals surface area (Å²) < 4.78 is 2.78. The second-order valence-electron chi connectivity index (χ2n) is 6.22. The summed E-state index contributed by atoms with van der Waals surface area (Å²) >= 11 is 7.72. The number of hydrogen-bond acceptors (Lipinski definition) is 4. The molecule has 0 unspecified atom stereocenters. The summed E-state index contributed by atoms with van der Waals surface area (Å²) in [5, 5.41) is 11.2. The monoisotopic (exact) mass is 392 g/mol. The van der Waals surface area contributed by atoms with Gasteiger partial charge in [0.15, 0.2) is 5.82 Å². The van der Waals surface area contributed by atoms with Gasteiger partial charge in [0.05, 0.1) is 17.4 Å². The lowest BCUT2D eigenvalue weighted by Gasteiger charge is -2.14. The highest BCUT2D eigenvalue weighted by Crippen LogP contribution is 2.33. The smallest absolute Gasteiger partial charge is 0.260 e. The standard InChI is InChI=1S/C20H13ClN4OS/c21-13-4-1-3-12(9-13)10-25-17-14(18-16(20(25)26)7-8-27-18)5-2-6-15(17)19-22-11-23-24-19/h1-9,11H,10H2,(H,22,23,24). The minimum atomic E-state index is -0.0225. The van der Waals surface area contributed by atoms with Crippen molar-refractivity contribution in [3.63, 3.8) is 0 Å². The molecule has 3 heterocycles. The van der Waals surface area contributed by atoms with E-state index < -0.39 is 0 Å². The maximum atomic E-state index is 13.3. The summed E-state index contributed by atoms with van der Waals surface area (Å²) in [5.41, 5.74) is 2.63. The summed E-state index contributed by atoms with van der Waals surface area (Å²) in [6, 6.07) is 15.4. The van der Waals surface area contributed by atoms with Crippen molar-refractivity contribution in [3.05, 3.63) is 81.2 Å². The van der Waals surface area contributed by atoms with E-state index in [-0.39, 0.29) is 5.56 Å². The Morgan fingerprint density at radius 2 is 2.00 bits per heavy atom. The Kier molecular flexibility index (Phi) is 3.81. The molecular formula is C20H13ClN4OS. The first-order chi connectivity index (χ1) is 13.2. The third kappa shape index (κ3) is 2.65. The molecule has 0 amide bonds. The van der Waals surface area contributed by atoms with Gasteiger partial charge in [0.2, 0.25) is 0 Å². The van der Waals surface area contributed by atoms with Gasteiger partial charge in [-0.1, -0.05) is 35.9 Å². The van der Waals surface area contributed by atoms with E-state index in [1.165, 1.54) is 6.33 Å². The molecule has 27 heavy (non-hydrogen) atoms. The maximum Gasteiger partial charge on any atom is 0.260 e. The van der Waals surface area contributed by atoms with Gasteiger partial charge < -0.3 is 4.57 Å². The Bertz CT molecular complexity index is 1340. The molecule has 5 aromatic rings. The Morgan fingerprint density at radius 1 is 1.11 bits per heavy atom. The molecule has 2 aromatic carbocycles. The van der Waals surface area contributed by atoms with Crippen molar-refractivity contribution in [3.8, 4) is 11.4 Å². The molecular weight excluding hydrogens is 380 g/mol. The number of halogens is 1. The fourth-order valence-corrected chi connectivity index (χ4v) is 4.57. The minimum Gasteiger partial charge on any atom is -0.302 e. The Balaban J connectivity index is 1.89. The third-order valence-corrected chi connectivity index (χ3v) is 5.77. The van der Waals surface area contributed by atoms with Crippen LogP contribution in [0.3, 0.4) is 0 Å². The number of aromatic nitrogens is 4. The van der Waals surface area contributed by atoms with E-state index in [0.29, 0.717) is 17.4 Å². The summed E-state index contributed by atoms with van der Waals surface area (Å²) in [6.07, 6.45) is 1.47. The molecule has 0 aliphatic heterocycles. The third-order valence-electron chi connectivity index (χ3n) is 4.59. The molecule has 0 fully saturated rings. The average molecular weight is 393 g/mol. The van der Waals surface area contributed by atoms with Gasteiger partial charge in [-0.3, -0.25) is 9.89 Å². The van der Waals surface area contributed by atoms with Crippen molar-refractivity contribution in [2.75, 3.05) is 0 Å². The lowest BCUT2D eigenvalue weighted by Crippen LogP contribution is -2.21. The normalized spacial score (nSPS) is 11.4. The number of pyridine rings is 1. The number of fused-ring (bicyclic) bond motifs is 3. The van der Waals surface area contributed by atoms with Crippen LogP contribution in [0.15, 0.2) is 65.0 Å². The summed E-state index contributed by atoms with van der Waals surface area (Å²) in [6.45, 7) is 0.423. The first-order valence-electron chi connectivity index (χ1n) is 8.35. The molecule has 0 saturated carbocycles. The number of aromatic amines is 1. The fraction of sp³-hybridized carbons (Fsp3) is 0.0500. The quantitative estimate of drug-likeness (QED) is 0.484. The van der Waals surface area contributed by atoms with Gasteiger partial charge in [0.25, 0.3) is 5.56 Å². The number of H-pyrrole nitrogens is 1. The number of para-hydroxylation sites is 1. The first-order valence-corrected chi connectivity index (χ1v) is 9.61. The van der Waals surface area contributed by atoms with Crippen molar-refractivity contribution in [1.82, 2.24) is 19.7 Å². The van der Waals surface area contributed by atoms with Crippen LogP contribution in [0.25, 0.3) is 32.4 Å². The predicted octanol–water partition coefficient (Wildman–Crippen LogP) is 4.70. The van der Waals surface area contributed by atoms with Crippen LogP contribution in [0, 0.1) is 0 Å². The van der Waals surface area contributed by atoms with E-state index in [1.54, 1.807) is 15.9 Å². The van der Waals surface area contributed by atoms with Crippen molar-refractivity contribution in [2.24, 2.45) is 0 Å². The van der Waals surface area contributed by atoms with E-state index in [0.717, 1.165) is 32.1 Å². The minimum absolute atomic E-state index is 0.0225. The number of nitrogens with one attached hydrogen (secondary N) is 1. The van der Waals surface area contributed by atoms with Gasteiger partial charge >= 0.3 is 0 Å². The van der Waals surface area contributed by atoms with Crippen LogP contribution in [-0.4, -0.2) is 19.7 Å². The zero-order valence-electron chi connectivity index (χ0n) is 14.0. The van der Waals surface area contributed by atoms with E-state index >= 15 is 0 Å². The Hall–Kier alpha value is -2.96. The molecule has 3 aromatic heterocycles. The Morgan fingerprint density at radius 3 is 2.81 bits per heavy atom. The number of hydrogen-bond donors (Lipinski definition) is 1. The molecule has 5 nitrogen and oxygen atoms in total. The molecule has 0 saturated heterocycles. The number of rotatable bonds is 3. The average Bonchev–Trinajstić information content (AvgIpc) is 3.36. The molecule has 0 atom stereocenters. The highest BCUT2D eigenvalue weighted by atomic mass is 35.5. The molecule has 0 radical (unpaired) electrons. The van der Waals surface area contributed by atoms with E-state index in [9.17, 15) is 4.79 Å². The second kappa shape index (κ2) is 6.33. The zero-order valence-corrected chi connectivity index (χ0v) is 15.6. The van der Waals surface area contributed by atoms with Crippen molar-refractivity contribution >= 4 is 43.9 Å². The largest absolute Gasteiger partial charge is 0.302 e. The van der Waals surface area contributed by atoms with Gasteiger partial charge in [-0.15, -0.1) is 11.3 Å². The number of nitrogens with zero attached hydrogens (tertiary/aromatic N) is 3. The van der Waals surface area contributed by atoms with Crippen LogP contribution in [-0.2, 0) is 6.54 Å². The highest BCUT2D eigenvalue weighted by molar-refractivity contribution is 7.18. The van der Waals surface area contributed by atoms with Crippen molar-refractivity contribution in [2.45, 2.75) is 6.54 Å². The molecule has 0 bridgehead atoms. The van der Waals surface area contributed by atoms with Gasteiger partial charge in [-0.05, 0) is 35.2 Å². The van der Waals surface area contributed by atoms with Gasteiger partial charge in [-0.2, -0.15) is 5.10 Å². The number of benzene rings is 2. The van der Waals surface area contributed by atoms with Crippen molar-refractivity contribution in [1.29, 1.82) is 0 Å². The maximum absolute atomic E-state index is 13.3. The SMILES string of the molecule is O=c1c2ccsc2c2cccc(-c3ncn[nH]3)c2n1Cc1cccc(Cl)c1. The van der Waals surface area contributed by atoms with Gasteiger partial charge in [-0.25, -0.2) is 4.98 Å². The van der Waals surface area contributed by atoms with E-state index in [4.69, 9.17) is 11.6 Å². The van der Waals surface area contributed by atoms with Crippen LogP contribution in [0.1, 0.15) is 5.56 Å². The van der Waals surface area contributed by atoms with Crippen molar-refractivity contribution < 1.29 is 0 Å². The highest BCUT2D eigenvalue weighted by Gasteiger charge is 2.17. The van der Waals surface area contributed by atoms with Crippen LogP contribution >= 0.6 is 22.9 Å². The second-order valence-corrected chi connectivity index (χ2v) is 7.57. The van der Waals surface area contributed by atoms with E-state index in [2.05, 4.69) is 15.2 Å². The van der Waals surface area contributed by atoms with Crippen LogP contribution < -0.4 is 5.56 Å². The number of thiophene rings is 1. The lowest BCUT2D eigenvalue weighted by atomic mass is 10.1. The molecule has 5 rings (SSSR count). The Labute approximate surface area is 162 Å². The summed E-state index contributed by atoms with van der Waals surface area (Å²) in [7, 11) is 0. The van der Waals surface area contributed by atoms with Gasteiger partial charge in [0.1, 0.15) is 6.33 Å². The topological polar surface area (TPSA) is 63.6 Å². The summed E-state index contributed by atoms with van der Waals surface area (Å²) in [5.74, 6) is 0.635. The molecule has 7 heteroatoms. The van der Waals surface area contributed by atoms with Crippen LogP contribution in [0.4, 0.5) is 0 Å². The first kappa shape index (κ1) is 16.2. The van der Waals surface area contributed by atoms with Crippen LogP contribution in [0.2, 0.25) is 5.02 Å². The molecule has 132 valence electrons. The molecule has 1 N–H and O–H groups in total. The fourth-order valence-electron chi connectivity index (χ4n) is 3.45. The summed E-state index contributed by atoms with van der Waals surface area (Å²) in [4.78, 5) is 17.6. The predicted molar refractivity (Wildman–Crippen MR) is 110 cm³/mol. The molecule has 0 spiro atoms. The van der Waals surface area contributed by atoms with Gasteiger partial charge in [0, 0.05) is 20.7 Å². The lowest BCUT2D eigenvalue weighted by molar-refractivity contribution is 0.803. The zero-order chi connectivity index (χ0) is 18.4. The molecule has 0 aliphatic carbocycles.